The van der Waals surface area contributed by atoms with E-state index < -0.39 is 12.1 Å². The lowest BCUT2D eigenvalue weighted by molar-refractivity contribution is -0.143. The van der Waals surface area contributed by atoms with Crippen LogP contribution in [-0.4, -0.2) is 47.4 Å². The number of amides is 1. The number of esters is 1. The molecule has 0 aliphatic carbocycles. The van der Waals surface area contributed by atoms with Crippen molar-refractivity contribution < 1.29 is 24.5 Å². The maximum Gasteiger partial charge on any atom is 0.305 e. The molecule has 0 bridgehead atoms. The summed E-state index contributed by atoms with van der Waals surface area (Å²) in [5, 5.41) is 23.2. The van der Waals surface area contributed by atoms with Crippen molar-refractivity contribution in [2.45, 2.75) is 424 Å². The molecule has 0 aromatic rings. The number of rotatable bonds is 70. The average molecular weight is 1150 g/mol. The average Bonchev–Trinajstić information content (AvgIpc) is 3.48. The number of aliphatic hydroxyl groups excluding tert-OH is 2. The minimum Gasteiger partial charge on any atom is -0.466 e. The Morgan fingerprint density at radius 3 is 0.890 bits per heavy atom. The summed E-state index contributed by atoms with van der Waals surface area (Å²) in [5.41, 5.74) is 0. The van der Waals surface area contributed by atoms with Gasteiger partial charge >= 0.3 is 5.97 Å². The van der Waals surface area contributed by atoms with E-state index in [0.717, 1.165) is 44.9 Å². The van der Waals surface area contributed by atoms with Crippen LogP contribution in [0.1, 0.15) is 412 Å². The van der Waals surface area contributed by atoms with E-state index >= 15 is 0 Å². The van der Waals surface area contributed by atoms with Crippen LogP contribution in [0.25, 0.3) is 0 Å². The molecule has 0 aromatic carbocycles. The summed E-state index contributed by atoms with van der Waals surface area (Å²) >= 11 is 0. The van der Waals surface area contributed by atoms with E-state index in [1.807, 2.05) is 6.08 Å². The maximum absolute atomic E-state index is 12.5. The molecule has 0 radical (unpaired) electrons. The van der Waals surface area contributed by atoms with Gasteiger partial charge in [0.1, 0.15) is 0 Å². The van der Waals surface area contributed by atoms with Gasteiger partial charge in [0.25, 0.3) is 0 Å². The maximum atomic E-state index is 12.5. The summed E-state index contributed by atoms with van der Waals surface area (Å²) in [6.07, 6.45) is 92.6. The first kappa shape index (κ1) is 80.1. The molecule has 0 saturated heterocycles. The van der Waals surface area contributed by atoms with Crippen molar-refractivity contribution in [1.82, 2.24) is 5.32 Å². The number of aliphatic hydroxyl groups is 2. The second-order valence-electron chi connectivity index (χ2n) is 25.6. The Morgan fingerprint density at radius 2 is 0.573 bits per heavy atom. The summed E-state index contributed by atoms with van der Waals surface area (Å²) in [5.74, 6) is -0.0492. The van der Waals surface area contributed by atoms with E-state index in [9.17, 15) is 19.8 Å². The summed E-state index contributed by atoms with van der Waals surface area (Å²) in [7, 11) is 0. The molecule has 2 atom stereocenters. The van der Waals surface area contributed by atoms with Crippen molar-refractivity contribution in [3.05, 3.63) is 36.5 Å². The van der Waals surface area contributed by atoms with Gasteiger partial charge < -0.3 is 20.3 Å². The van der Waals surface area contributed by atoms with Gasteiger partial charge in [0.15, 0.2) is 0 Å². The highest BCUT2D eigenvalue weighted by Crippen LogP contribution is 2.19. The second kappa shape index (κ2) is 71.6. The third kappa shape index (κ3) is 67.2. The van der Waals surface area contributed by atoms with Gasteiger partial charge in [-0.2, -0.15) is 0 Å². The molecule has 6 nitrogen and oxygen atoms in total. The zero-order chi connectivity index (χ0) is 59.2. The van der Waals surface area contributed by atoms with Crippen molar-refractivity contribution >= 4 is 11.9 Å². The van der Waals surface area contributed by atoms with Gasteiger partial charge in [0.2, 0.25) is 5.91 Å². The van der Waals surface area contributed by atoms with Crippen molar-refractivity contribution in [3.63, 3.8) is 0 Å². The van der Waals surface area contributed by atoms with Crippen LogP contribution in [0.15, 0.2) is 36.5 Å². The van der Waals surface area contributed by atoms with E-state index in [1.54, 1.807) is 6.08 Å². The fourth-order valence-electron chi connectivity index (χ4n) is 11.7. The van der Waals surface area contributed by atoms with Gasteiger partial charge in [-0.05, 0) is 83.5 Å². The van der Waals surface area contributed by atoms with Crippen LogP contribution in [0.4, 0.5) is 0 Å². The number of hydrogen-bond donors (Lipinski definition) is 3. The smallest absolute Gasteiger partial charge is 0.305 e. The normalized spacial score (nSPS) is 12.7. The quantitative estimate of drug-likeness (QED) is 0.0320. The number of carbonyl (C=O) groups is 2. The number of hydrogen-bond acceptors (Lipinski definition) is 5. The summed E-state index contributed by atoms with van der Waals surface area (Å²) in [6, 6.07) is -0.624. The number of carbonyl (C=O) groups excluding carboxylic acids is 2. The van der Waals surface area contributed by atoms with E-state index in [2.05, 4.69) is 43.5 Å². The van der Waals surface area contributed by atoms with E-state index in [4.69, 9.17) is 4.74 Å². The Kier molecular flexibility index (Phi) is 69.9. The van der Waals surface area contributed by atoms with E-state index in [-0.39, 0.29) is 18.5 Å². The predicted molar refractivity (Wildman–Crippen MR) is 361 cm³/mol. The number of ether oxygens (including phenoxy) is 1. The van der Waals surface area contributed by atoms with Crippen molar-refractivity contribution in [1.29, 1.82) is 0 Å². The molecule has 1 amide bonds. The Hall–Kier alpha value is -1.92. The van der Waals surface area contributed by atoms with Crippen molar-refractivity contribution in [3.8, 4) is 0 Å². The molecule has 3 N–H and O–H groups in total. The third-order valence-corrected chi connectivity index (χ3v) is 17.4. The zero-order valence-electron chi connectivity index (χ0n) is 55.5. The molecule has 0 fully saturated rings. The lowest BCUT2D eigenvalue weighted by Gasteiger charge is -2.20. The molecular formula is C76H145NO5. The first-order valence-electron chi connectivity index (χ1n) is 37.3. The molecule has 0 rings (SSSR count). The molecule has 0 heterocycles. The Labute approximate surface area is 513 Å². The first-order valence-corrected chi connectivity index (χ1v) is 37.3. The van der Waals surface area contributed by atoms with Gasteiger partial charge in [-0.3, -0.25) is 9.59 Å². The van der Waals surface area contributed by atoms with Gasteiger partial charge in [-0.25, -0.2) is 0 Å². The molecule has 6 heteroatoms. The third-order valence-electron chi connectivity index (χ3n) is 17.4. The highest BCUT2D eigenvalue weighted by Gasteiger charge is 2.18. The number of nitrogens with one attached hydrogen (secondary N) is 1. The lowest BCUT2D eigenvalue weighted by atomic mass is 10.0. The van der Waals surface area contributed by atoms with Crippen LogP contribution in [-0.2, 0) is 14.3 Å². The van der Waals surface area contributed by atoms with Crippen LogP contribution < -0.4 is 5.32 Å². The van der Waals surface area contributed by atoms with Crippen LogP contribution >= 0.6 is 0 Å². The monoisotopic (exact) mass is 1150 g/mol. The van der Waals surface area contributed by atoms with E-state index in [1.165, 1.54) is 340 Å². The van der Waals surface area contributed by atoms with Crippen LogP contribution in [0.3, 0.4) is 0 Å². The standard InChI is InChI=1S/C76H145NO5/c1-3-5-7-9-11-13-15-17-45-48-52-56-60-64-68-74(79)73(72-78)77-75(80)69-65-61-57-53-49-46-43-41-39-37-35-33-31-29-27-25-23-21-19-18-20-22-24-26-28-30-32-34-36-38-40-42-44-47-51-55-59-63-67-71-82-76(81)70-66-62-58-54-50-16-14-12-10-8-6-4-2/h12,14,18-19,64,68,73-74,78-79H,3-11,13,15-17,20-63,65-67,69-72H2,1-2H3,(H,77,80)/b14-12-,19-18-,68-64+. The highest BCUT2D eigenvalue weighted by molar-refractivity contribution is 5.76. The van der Waals surface area contributed by atoms with Crippen LogP contribution in [0.5, 0.6) is 0 Å². The topological polar surface area (TPSA) is 95.9 Å². The second-order valence-corrected chi connectivity index (χ2v) is 25.6. The summed E-state index contributed by atoms with van der Waals surface area (Å²) in [4.78, 5) is 24.5. The fraction of sp³-hybridized carbons (Fsp3) is 0.895. The molecule has 2 unspecified atom stereocenters. The molecule has 82 heavy (non-hydrogen) atoms. The van der Waals surface area contributed by atoms with Gasteiger partial charge in [0, 0.05) is 12.8 Å². The Balaban J connectivity index is 3.33. The van der Waals surface area contributed by atoms with Gasteiger partial charge in [-0.1, -0.05) is 352 Å². The molecule has 0 saturated carbocycles. The zero-order valence-corrected chi connectivity index (χ0v) is 55.5. The summed E-state index contributed by atoms with van der Waals surface area (Å²) < 4.78 is 5.48. The molecule has 0 spiro atoms. The predicted octanol–water partition coefficient (Wildman–Crippen LogP) is 24.3. The van der Waals surface area contributed by atoms with Crippen molar-refractivity contribution in [2.75, 3.05) is 13.2 Å². The summed E-state index contributed by atoms with van der Waals surface area (Å²) in [6.45, 7) is 4.91. The van der Waals surface area contributed by atoms with Crippen LogP contribution in [0, 0.1) is 0 Å². The van der Waals surface area contributed by atoms with Crippen LogP contribution in [0.2, 0.25) is 0 Å². The molecule has 0 aromatic heterocycles. The number of unbranched alkanes of at least 4 members (excludes halogenated alkanes) is 55. The largest absolute Gasteiger partial charge is 0.466 e. The van der Waals surface area contributed by atoms with E-state index in [0.29, 0.717) is 19.4 Å². The number of allylic oxidation sites excluding steroid dienone is 5. The molecule has 484 valence electrons. The molecule has 0 aliphatic rings. The molecule has 0 aliphatic heterocycles. The Morgan fingerprint density at radius 1 is 0.329 bits per heavy atom. The van der Waals surface area contributed by atoms with Gasteiger partial charge in [-0.15, -0.1) is 0 Å². The fourth-order valence-corrected chi connectivity index (χ4v) is 11.7. The minimum absolute atomic E-state index is 0.0124. The van der Waals surface area contributed by atoms with Gasteiger partial charge in [0.05, 0.1) is 25.4 Å². The first-order chi connectivity index (χ1) is 40.5. The highest BCUT2D eigenvalue weighted by atomic mass is 16.5. The lowest BCUT2D eigenvalue weighted by Crippen LogP contribution is -2.45. The van der Waals surface area contributed by atoms with Crippen molar-refractivity contribution in [2.24, 2.45) is 0 Å². The SMILES string of the molecule is CCCCC/C=C\CCCCCCCC(=O)OCCCCCCCCCCCCCCCCCCCC/C=C\CCCCCCCCCCCCCCCCCCCC(=O)NC(CO)C(O)/C=C/CCCCCCCCCCCCCC. The molecular weight excluding hydrogens is 1010 g/mol. The minimum atomic E-state index is -0.841. The Bertz CT molecular complexity index is 1330.